The van der Waals surface area contributed by atoms with Crippen molar-refractivity contribution < 1.29 is 12.8 Å². The van der Waals surface area contributed by atoms with Gasteiger partial charge in [-0.1, -0.05) is 0 Å². The molecule has 0 aromatic heterocycles. The van der Waals surface area contributed by atoms with E-state index in [1.807, 2.05) is 0 Å². The number of halogens is 2. The second kappa shape index (κ2) is 5.31. The number of nitrogens with one attached hydrogen (secondary N) is 2. The number of benzene rings is 2. The molecule has 0 saturated carbocycles. The summed E-state index contributed by atoms with van der Waals surface area (Å²) in [5.74, 6) is -0.437. The average Bonchev–Trinajstić information content (AvgIpc) is 2.89. The Morgan fingerprint density at radius 3 is 2.76 bits per heavy atom. The van der Waals surface area contributed by atoms with Gasteiger partial charge in [-0.25, -0.2) is 12.8 Å². The Morgan fingerprint density at radius 2 is 2.00 bits per heavy atom. The molecule has 3 rings (SSSR count). The lowest BCUT2D eigenvalue weighted by molar-refractivity contribution is 0.601. The molecular weight excluding hydrogens is 359 g/mol. The molecular formula is C14H12BrFN2O2S. The number of fused-ring (bicyclic) bond motifs is 1. The first-order chi connectivity index (χ1) is 9.95. The Morgan fingerprint density at radius 1 is 1.19 bits per heavy atom. The van der Waals surface area contributed by atoms with Crippen molar-refractivity contribution in [1.82, 2.24) is 0 Å². The van der Waals surface area contributed by atoms with Gasteiger partial charge in [-0.15, -0.1) is 0 Å². The average molecular weight is 371 g/mol. The molecule has 7 heteroatoms. The van der Waals surface area contributed by atoms with Crippen LogP contribution in [0.15, 0.2) is 45.8 Å². The molecule has 21 heavy (non-hydrogen) atoms. The second-order valence-corrected chi connectivity index (χ2v) is 7.26. The van der Waals surface area contributed by atoms with Crippen molar-refractivity contribution in [2.24, 2.45) is 0 Å². The number of anilines is 2. The number of hydrogen-bond acceptors (Lipinski definition) is 3. The molecule has 0 unspecified atom stereocenters. The summed E-state index contributed by atoms with van der Waals surface area (Å²) in [7, 11) is -3.70. The quantitative estimate of drug-likeness (QED) is 0.870. The van der Waals surface area contributed by atoms with Gasteiger partial charge in [-0.2, -0.15) is 0 Å². The molecule has 0 atom stereocenters. The van der Waals surface area contributed by atoms with Crippen LogP contribution >= 0.6 is 15.9 Å². The molecule has 4 nitrogen and oxygen atoms in total. The van der Waals surface area contributed by atoms with Crippen LogP contribution in [0.25, 0.3) is 0 Å². The highest BCUT2D eigenvalue weighted by Gasteiger charge is 2.19. The minimum Gasteiger partial charge on any atom is -0.384 e. The van der Waals surface area contributed by atoms with Crippen molar-refractivity contribution in [3.05, 3.63) is 52.3 Å². The van der Waals surface area contributed by atoms with Crippen LogP contribution in [0.4, 0.5) is 15.8 Å². The number of rotatable bonds is 3. The third-order valence-corrected chi connectivity index (χ3v) is 5.29. The highest BCUT2D eigenvalue weighted by atomic mass is 79.9. The molecule has 0 amide bonds. The number of hydrogen-bond donors (Lipinski definition) is 2. The van der Waals surface area contributed by atoms with E-state index in [-0.39, 0.29) is 4.90 Å². The van der Waals surface area contributed by atoms with Crippen molar-refractivity contribution in [3.63, 3.8) is 0 Å². The van der Waals surface area contributed by atoms with Crippen LogP contribution in [-0.4, -0.2) is 15.0 Å². The fourth-order valence-electron chi connectivity index (χ4n) is 2.22. The first-order valence-corrected chi connectivity index (χ1v) is 8.58. The first-order valence-electron chi connectivity index (χ1n) is 6.30. The van der Waals surface area contributed by atoms with Gasteiger partial charge < -0.3 is 5.32 Å². The van der Waals surface area contributed by atoms with E-state index < -0.39 is 15.8 Å². The minimum absolute atomic E-state index is 0.196. The van der Waals surface area contributed by atoms with E-state index in [2.05, 4.69) is 26.0 Å². The first kappa shape index (κ1) is 14.3. The maximum Gasteiger partial charge on any atom is 0.261 e. The summed E-state index contributed by atoms with van der Waals surface area (Å²) in [5, 5.41) is 3.18. The fourth-order valence-corrected chi connectivity index (χ4v) is 3.94. The van der Waals surface area contributed by atoms with Crippen molar-refractivity contribution in [2.75, 3.05) is 16.6 Å². The molecule has 0 aliphatic carbocycles. The molecule has 2 aromatic carbocycles. The van der Waals surface area contributed by atoms with Crippen LogP contribution in [0.3, 0.4) is 0 Å². The van der Waals surface area contributed by atoms with Crippen molar-refractivity contribution >= 4 is 37.3 Å². The van der Waals surface area contributed by atoms with E-state index >= 15 is 0 Å². The highest BCUT2D eigenvalue weighted by Crippen LogP contribution is 2.28. The van der Waals surface area contributed by atoms with Crippen LogP contribution in [0.5, 0.6) is 0 Å². The van der Waals surface area contributed by atoms with Crippen LogP contribution in [0.1, 0.15) is 5.56 Å². The highest BCUT2D eigenvalue weighted by molar-refractivity contribution is 9.10. The van der Waals surface area contributed by atoms with Gasteiger partial charge in [0, 0.05) is 16.7 Å². The van der Waals surface area contributed by atoms with E-state index in [9.17, 15) is 12.8 Å². The zero-order valence-corrected chi connectivity index (χ0v) is 13.3. The maximum absolute atomic E-state index is 13.0. The monoisotopic (exact) mass is 370 g/mol. The lowest BCUT2D eigenvalue weighted by Crippen LogP contribution is -2.13. The molecule has 2 N–H and O–H groups in total. The Balaban J connectivity index is 1.93. The minimum atomic E-state index is -3.70. The Hall–Kier alpha value is -1.60. The zero-order chi connectivity index (χ0) is 15.0. The van der Waals surface area contributed by atoms with E-state index in [0.717, 1.165) is 24.2 Å². The molecule has 110 valence electrons. The third-order valence-electron chi connectivity index (χ3n) is 3.27. The third kappa shape index (κ3) is 2.89. The molecule has 0 bridgehead atoms. The predicted octanol–water partition coefficient (Wildman–Crippen LogP) is 3.36. The summed E-state index contributed by atoms with van der Waals surface area (Å²) < 4.78 is 40.6. The SMILES string of the molecule is O=S(=O)(Nc1ccc(F)cc1Br)c1ccc2c(c1)CCN2. The summed E-state index contributed by atoms with van der Waals surface area (Å²) in [4.78, 5) is 0.196. The normalized spacial score (nSPS) is 13.6. The summed E-state index contributed by atoms with van der Waals surface area (Å²) in [6.07, 6.45) is 0.805. The van der Waals surface area contributed by atoms with Gasteiger partial charge >= 0.3 is 0 Å². The summed E-state index contributed by atoms with van der Waals surface area (Å²) in [6.45, 7) is 0.815. The predicted molar refractivity (Wildman–Crippen MR) is 83.5 cm³/mol. The Bertz CT molecular complexity index is 809. The molecule has 1 aliphatic heterocycles. The van der Waals surface area contributed by atoms with Gasteiger partial charge in [0.2, 0.25) is 0 Å². The standard InChI is InChI=1S/C14H12BrFN2O2S/c15-12-8-10(16)1-3-14(12)18-21(19,20)11-2-4-13-9(7-11)5-6-17-13/h1-4,7-8,17-18H,5-6H2. The Labute approximate surface area is 130 Å². The fraction of sp³-hybridized carbons (Fsp3) is 0.143. The molecule has 1 heterocycles. The molecule has 0 radical (unpaired) electrons. The largest absolute Gasteiger partial charge is 0.384 e. The summed E-state index contributed by atoms with van der Waals surface area (Å²) in [6, 6.07) is 8.77. The van der Waals surface area contributed by atoms with E-state index in [1.54, 1.807) is 18.2 Å². The van der Waals surface area contributed by atoms with Crippen molar-refractivity contribution in [2.45, 2.75) is 11.3 Å². The molecule has 0 fully saturated rings. The van der Waals surface area contributed by atoms with Crippen molar-refractivity contribution in [1.29, 1.82) is 0 Å². The van der Waals surface area contributed by atoms with Crippen LogP contribution < -0.4 is 10.0 Å². The van der Waals surface area contributed by atoms with E-state index in [4.69, 9.17) is 0 Å². The second-order valence-electron chi connectivity index (χ2n) is 4.73. The van der Waals surface area contributed by atoms with E-state index in [0.29, 0.717) is 10.2 Å². The number of sulfonamides is 1. The van der Waals surface area contributed by atoms with Crippen molar-refractivity contribution in [3.8, 4) is 0 Å². The van der Waals surface area contributed by atoms with Gasteiger partial charge in [0.15, 0.2) is 0 Å². The molecule has 0 saturated heterocycles. The van der Waals surface area contributed by atoms with Gasteiger partial charge in [0.05, 0.1) is 10.6 Å². The molecule has 2 aromatic rings. The van der Waals surface area contributed by atoms with E-state index in [1.165, 1.54) is 18.2 Å². The summed E-state index contributed by atoms with van der Waals surface area (Å²) in [5.41, 5.74) is 2.25. The lowest BCUT2D eigenvalue weighted by Gasteiger charge is -2.11. The maximum atomic E-state index is 13.0. The van der Waals surface area contributed by atoms with Gasteiger partial charge in [-0.05, 0) is 64.3 Å². The smallest absolute Gasteiger partial charge is 0.261 e. The molecule has 1 aliphatic rings. The topological polar surface area (TPSA) is 58.2 Å². The van der Waals surface area contributed by atoms with Gasteiger partial charge in [-0.3, -0.25) is 4.72 Å². The van der Waals surface area contributed by atoms with Crippen LogP contribution in [-0.2, 0) is 16.4 Å². The van der Waals surface area contributed by atoms with Gasteiger partial charge in [0.25, 0.3) is 10.0 Å². The van der Waals surface area contributed by atoms with Crippen LogP contribution in [0.2, 0.25) is 0 Å². The Kier molecular flexibility index (Phi) is 3.62. The van der Waals surface area contributed by atoms with Crippen LogP contribution in [0, 0.1) is 5.82 Å². The molecule has 0 spiro atoms. The lowest BCUT2D eigenvalue weighted by atomic mass is 10.2. The zero-order valence-electron chi connectivity index (χ0n) is 10.9. The summed E-state index contributed by atoms with van der Waals surface area (Å²) >= 11 is 3.15. The van der Waals surface area contributed by atoms with Gasteiger partial charge in [0.1, 0.15) is 5.82 Å².